The van der Waals surface area contributed by atoms with Crippen molar-refractivity contribution in [2.24, 2.45) is 0 Å². The minimum atomic E-state index is 0.563. The molecule has 8 rings (SSSR count). The minimum Gasteiger partial charge on any atom is -0.324 e. The summed E-state index contributed by atoms with van der Waals surface area (Å²) in [4.78, 5) is 10.0. The van der Waals surface area contributed by atoms with E-state index in [0.717, 1.165) is 39.3 Å². The van der Waals surface area contributed by atoms with Crippen molar-refractivity contribution in [1.82, 2.24) is 9.97 Å². The van der Waals surface area contributed by atoms with Gasteiger partial charge in [0.15, 0.2) is 0 Å². The minimum absolute atomic E-state index is 0.563. The molecule has 208 valence electrons. The molecule has 0 aliphatic carbocycles. The summed E-state index contributed by atoms with van der Waals surface area (Å²) in [5.74, 6) is 0.563. The Morgan fingerprint density at radius 2 is 0.955 bits per heavy atom. The average Bonchev–Trinajstić information content (AvgIpc) is 3.48. The van der Waals surface area contributed by atoms with Gasteiger partial charge in [-0.1, -0.05) is 140 Å². The van der Waals surface area contributed by atoms with Crippen molar-refractivity contribution < 1.29 is 0 Å². The van der Waals surface area contributed by atoms with Crippen LogP contribution < -0.4 is 5.32 Å². The topological polar surface area (TPSA) is 37.8 Å². The lowest BCUT2D eigenvalue weighted by Gasteiger charge is -2.15. The molecular formula is C40H27N3S. The van der Waals surface area contributed by atoms with Crippen LogP contribution in [0.15, 0.2) is 158 Å². The van der Waals surface area contributed by atoms with Crippen LogP contribution in [-0.2, 0) is 0 Å². The van der Waals surface area contributed by atoms with Crippen molar-refractivity contribution in [2.75, 3.05) is 5.32 Å². The van der Waals surface area contributed by atoms with Crippen LogP contribution in [0, 0.1) is 0 Å². The molecule has 2 aromatic heterocycles. The molecule has 0 unspecified atom stereocenters. The fourth-order valence-electron chi connectivity index (χ4n) is 5.78. The molecule has 2 heterocycles. The summed E-state index contributed by atoms with van der Waals surface area (Å²) in [6.07, 6.45) is 0. The molecule has 0 radical (unpaired) electrons. The molecule has 44 heavy (non-hydrogen) atoms. The second kappa shape index (κ2) is 11.3. The van der Waals surface area contributed by atoms with E-state index in [4.69, 9.17) is 9.97 Å². The molecule has 0 bridgehead atoms. The molecule has 3 nitrogen and oxygen atoms in total. The number of aromatic nitrogens is 2. The number of rotatable bonds is 6. The maximum Gasteiger partial charge on any atom is 0.228 e. The Bertz CT molecular complexity index is 2170. The van der Waals surface area contributed by atoms with Crippen LogP contribution in [0.4, 0.5) is 11.6 Å². The van der Waals surface area contributed by atoms with Crippen molar-refractivity contribution in [1.29, 1.82) is 0 Å². The maximum absolute atomic E-state index is 5.02. The van der Waals surface area contributed by atoms with Crippen LogP contribution in [0.3, 0.4) is 0 Å². The lowest BCUT2D eigenvalue weighted by atomic mass is 9.97. The first-order valence-corrected chi connectivity index (χ1v) is 15.5. The largest absolute Gasteiger partial charge is 0.324 e. The Hall–Kier alpha value is -5.58. The first kappa shape index (κ1) is 26.1. The van der Waals surface area contributed by atoms with E-state index in [1.165, 1.54) is 31.3 Å². The molecule has 0 spiro atoms. The summed E-state index contributed by atoms with van der Waals surface area (Å²) in [6.45, 7) is 0. The van der Waals surface area contributed by atoms with Crippen LogP contribution in [0.2, 0.25) is 0 Å². The molecule has 1 N–H and O–H groups in total. The van der Waals surface area contributed by atoms with Gasteiger partial charge in [-0.25, -0.2) is 9.97 Å². The number of benzene rings is 6. The number of hydrogen-bond acceptors (Lipinski definition) is 4. The third-order valence-corrected chi connectivity index (χ3v) is 9.14. The van der Waals surface area contributed by atoms with E-state index in [1.54, 1.807) is 0 Å². The zero-order chi connectivity index (χ0) is 29.3. The molecule has 4 heteroatoms. The standard InChI is InChI=1S/C40H27N3S/c1-4-12-27(13-5-1)28-20-22-31(23-21-28)38-34(25-24-33-32-18-10-11-19-37(32)44-39(33)38)41-40-42-35(29-14-6-2-7-15-29)26-36(43-40)30-16-8-3-9-17-30/h1-26H,(H,41,42,43). The SMILES string of the molecule is c1ccc(-c2ccc(-c3c(Nc4nc(-c5ccccc5)cc(-c5ccccc5)n4)ccc4c3sc3ccccc34)cc2)cc1. The summed E-state index contributed by atoms with van der Waals surface area (Å²) < 4.78 is 2.52. The van der Waals surface area contributed by atoms with Gasteiger partial charge in [-0.3, -0.25) is 0 Å². The summed E-state index contributed by atoms with van der Waals surface area (Å²) in [6, 6.07) is 55.0. The van der Waals surface area contributed by atoms with Gasteiger partial charge in [0, 0.05) is 36.9 Å². The quantitative estimate of drug-likeness (QED) is 0.212. The second-order valence-corrected chi connectivity index (χ2v) is 11.8. The van der Waals surface area contributed by atoms with Gasteiger partial charge in [-0.05, 0) is 34.9 Å². The summed E-state index contributed by atoms with van der Waals surface area (Å²) in [5, 5.41) is 6.18. The van der Waals surface area contributed by atoms with Crippen LogP contribution in [0.25, 0.3) is 64.9 Å². The fourth-order valence-corrected chi connectivity index (χ4v) is 7.05. The molecule has 0 saturated heterocycles. The van der Waals surface area contributed by atoms with Gasteiger partial charge in [0.05, 0.1) is 17.1 Å². The molecule has 0 saturated carbocycles. The first-order valence-electron chi connectivity index (χ1n) is 14.7. The number of fused-ring (bicyclic) bond motifs is 3. The zero-order valence-electron chi connectivity index (χ0n) is 23.8. The van der Waals surface area contributed by atoms with Gasteiger partial charge < -0.3 is 5.32 Å². The molecule has 0 aliphatic rings. The highest BCUT2D eigenvalue weighted by Crippen LogP contribution is 2.44. The highest BCUT2D eigenvalue weighted by molar-refractivity contribution is 7.26. The summed E-state index contributed by atoms with van der Waals surface area (Å²) in [5.41, 5.74) is 9.51. The Labute approximate surface area is 260 Å². The van der Waals surface area contributed by atoms with Gasteiger partial charge in [0.2, 0.25) is 5.95 Å². The molecule has 0 fully saturated rings. The van der Waals surface area contributed by atoms with Crippen LogP contribution >= 0.6 is 11.3 Å². The van der Waals surface area contributed by atoms with E-state index in [9.17, 15) is 0 Å². The second-order valence-electron chi connectivity index (χ2n) is 10.7. The van der Waals surface area contributed by atoms with Gasteiger partial charge in [-0.15, -0.1) is 11.3 Å². The van der Waals surface area contributed by atoms with Gasteiger partial charge in [-0.2, -0.15) is 0 Å². The van der Waals surface area contributed by atoms with Crippen molar-refractivity contribution in [3.8, 4) is 44.8 Å². The summed E-state index contributed by atoms with van der Waals surface area (Å²) >= 11 is 1.83. The van der Waals surface area contributed by atoms with E-state index in [0.29, 0.717) is 5.95 Å². The number of hydrogen-bond donors (Lipinski definition) is 1. The predicted molar refractivity (Wildman–Crippen MR) is 186 cm³/mol. The van der Waals surface area contributed by atoms with E-state index in [-0.39, 0.29) is 0 Å². The van der Waals surface area contributed by atoms with E-state index in [1.807, 2.05) is 47.7 Å². The highest BCUT2D eigenvalue weighted by Gasteiger charge is 2.17. The van der Waals surface area contributed by atoms with Gasteiger partial charge in [0.25, 0.3) is 0 Å². The maximum atomic E-state index is 5.02. The van der Waals surface area contributed by atoms with E-state index in [2.05, 4.69) is 127 Å². The number of anilines is 2. The lowest BCUT2D eigenvalue weighted by molar-refractivity contribution is 1.17. The fraction of sp³-hybridized carbons (Fsp3) is 0. The Kier molecular flexibility index (Phi) is 6.67. The molecule has 8 aromatic rings. The predicted octanol–water partition coefficient (Wildman–Crippen LogP) is 11.3. The van der Waals surface area contributed by atoms with E-state index < -0.39 is 0 Å². The van der Waals surface area contributed by atoms with Gasteiger partial charge >= 0.3 is 0 Å². The first-order chi connectivity index (χ1) is 21.8. The molecule has 6 aromatic carbocycles. The Morgan fingerprint density at radius 3 is 1.59 bits per heavy atom. The van der Waals surface area contributed by atoms with Crippen molar-refractivity contribution in [2.45, 2.75) is 0 Å². The Morgan fingerprint density at radius 1 is 0.432 bits per heavy atom. The monoisotopic (exact) mass is 581 g/mol. The van der Waals surface area contributed by atoms with Crippen LogP contribution in [-0.4, -0.2) is 9.97 Å². The average molecular weight is 582 g/mol. The van der Waals surface area contributed by atoms with Crippen molar-refractivity contribution in [3.05, 3.63) is 158 Å². The third-order valence-electron chi connectivity index (χ3n) is 7.94. The molecular weight excluding hydrogens is 555 g/mol. The lowest BCUT2D eigenvalue weighted by Crippen LogP contribution is -2.02. The zero-order valence-corrected chi connectivity index (χ0v) is 24.6. The third kappa shape index (κ3) is 4.91. The molecule has 0 aliphatic heterocycles. The van der Waals surface area contributed by atoms with Crippen LogP contribution in [0.5, 0.6) is 0 Å². The van der Waals surface area contributed by atoms with Crippen molar-refractivity contribution in [3.63, 3.8) is 0 Å². The van der Waals surface area contributed by atoms with Crippen molar-refractivity contribution >= 4 is 43.1 Å². The molecule has 0 atom stereocenters. The Balaban J connectivity index is 1.30. The number of nitrogens with zero attached hydrogens (tertiary/aromatic N) is 2. The highest BCUT2D eigenvalue weighted by atomic mass is 32.1. The normalized spacial score (nSPS) is 11.2. The van der Waals surface area contributed by atoms with Crippen LogP contribution in [0.1, 0.15) is 0 Å². The number of thiophene rings is 1. The van der Waals surface area contributed by atoms with Gasteiger partial charge in [0.1, 0.15) is 0 Å². The summed E-state index contributed by atoms with van der Waals surface area (Å²) in [7, 11) is 0. The smallest absolute Gasteiger partial charge is 0.228 e. The van der Waals surface area contributed by atoms with E-state index >= 15 is 0 Å². The number of nitrogens with one attached hydrogen (secondary N) is 1. The molecule has 0 amide bonds.